The lowest BCUT2D eigenvalue weighted by Crippen LogP contribution is -2.51. The van der Waals surface area contributed by atoms with Gasteiger partial charge in [-0.05, 0) is 70.1 Å². The van der Waals surface area contributed by atoms with Crippen LogP contribution in [0.25, 0.3) is 0 Å². The molecular weight excluding hydrogens is 346 g/mol. The lowest BCUT2D eigenvalue weighted by molar-refractivity contribution is -0.127. The zero-order valence-electron chi connectivity index (χ0n) is 17.1. The van der Waals surface area contributed by atoms with E-state index in [1.807, 2.05) is 0 Å². The summed E-state index contributed by atoms with van der Waals surface area (Å²) in [4.78, 5) is 17.9. The molecular formula is C24H35N3O. The highest BCUT2D eigenvalue weighted by molar-refractivity contribution is 5.79. The van der Waals surface area contributed by atoms with Crippen LogP contribution in [-0.2, 0) is 11.2 Å². The summed E-state index contributed by atoms with van der Waals surface area (Å²) in [5, 5.41) is 3.28. The van der Waals surface area contributed by atoms with Gasteiger partial charge in [0.05, 0.1) is 5.92 Å². The molecule has 152 valence electrons. The monoisotopic (exact) mass is 381 g/mol. The Labute approximate surface area is 170 Å². The first-order chi connectivity index (χ1) is 13.8. The molecule has 3 aliphatic rings. The number of hydrogen-bond donors (Lipinski definition) is 1. The Kier molecular flexibility index (Phi) is 6.81. The van der Waals surface area contributed by atoms with Crippen LogP contribution in [0.3, 0.4) is 0 Å². The number of nitrogens with zero attached hydrogens (tertiary/aromatic N) is 2. The summed E-state index contributed by atoms with van der Waals surface area (Å²) >= 11 is 0. The van der Waals surface area contributed by atoms with Gasteiger partial charge in [0.2, 0.25) is 5.91 Å². The molecule has 4 heteroatoms. The molecule has 28 heavy (non-hydrogen) atoms. The van der Waals surface area contributed by atoms with Crippen molar-refractivity contribution in [1.82, 2.24) is 15.1 Å². The highest BCUT2D eigenvalue weighted by Gasteiger charge is 2.32. The van der Waals surface area contributed by atoms with Crippen molar-refractivity contribution in [3.8, 4) is 0 Å². The summed E-state index contributed by atoms with van der Waals surface area (Å²) < 4.78 is 0. The molecule has 2 saturated heterocycles. The van der Waals surface area contributed by atoms with Crippen LogP contribution in [0.4, 0.5) is 0 Å². The summed E-state index contributed by atoms with van der Waals surface area (Å²) in [6, 6.07) is 11.8. The van der Waals surface area contributed by atoms with Crippen molar-refractivity contribution in [2.24, 2.45) is 5.92 Å². The molecule has 0 radical (unpaired) electrons. The number of piperidine rings is 2. The third kappa shape index (κ3) is 5.24. The number of rotatable bonds is 6. The van der Waals surface area contributed by atoms with Crippen molar-refractivity contribution >= 4 is 5.91 Å². The quantitative estimate of drug-likeness (QED) is 0.769. The average molecular weight is 382 g/mol. The summed E-state index contributed by atoms with van der Waals surface area (Å²) in [7, 11) is 0. The van der Waals surface area contributed by atoms with Crippen LogP contribution < -0.4 is 5.32 Å². The van der Waals surface area contributed by atoms with Gasteiger partial charge in [-0.1, -0.05) is 42.5 Å². The Balaban J connectivity index is 1.20. The predicted octanol–water partition coefficient (Wildman–Crippen LogP) is 3.24. The summed E-state index contributed by atoms with van der Waals surface area (Å²) in [6.45, 7) is 5.68. The van der Waals surface area contributed by atoms with E-state index in [4.69, 9.17) is 0 Å². The molecule has 2 fully saturated rings. The molecule has 1 aromatic rings. The second kappa shape index (κ2) is 9.71. The number of hydrogen-bond acceptors (Lipinski definition) is 3. The highest BCUT2D eigenvalue weighted by Crippen LogP contribution is 2.24. The van der Waals surface area contributed by atoms with Crippen molar-refractivity contribution in [2.75, 3.05) is 32.7 Å². The maximum absolute atomic E-state index is 12.7. The second-order valence-corrected chi connectivity index (χ2v) is 8.79. The van der Waals surface area contributed by atoms with Crippen molar-refractivity contribution in [2.45, 2.75) is 57.0 Å². The Morgan fingerprint density at radius 3 is 2.50 bits per heavy atom. The number of nitrogens with one attached hydrogen (secondary N) is 1. The molecule has 2 aliphatic heterocycles. The molecule has 0 bridgehead atoms. The summed E-state index contributed by atoms with van der Waals surface area (Å²) in [5.41, 5.74) is 1.44. The molecule has 1 unspecified atom stereocenters. The fourth-order valence-electron chi connectivity index (χ4n) is 5.05. The lowest BCUT2D eigenvalue weighted by atomic mass is 9.93. The number of benzene rings is 1. The minimum Gasteiger partial charge on any atom is -0.352 e. The van der Waals surface area contributed by atoms with Crippen LogP contribution in [0.2, 0.25) is 0 Å². The first kappa shape index (κ1) is 19.7. The van der Waals surface area contributed by atoms with Crippen LogP contribution in [-0.4, -0.2) is 60.5 Å². The molecule has 1 amide bonds. The molecule has 0 spiro atoms. The van der Waals surface area contributed by atoms with Crippen LogP contribution in [0.1, 0.15) is 44.1 Å². The van der Waals surface area contributed by atoms with Gasteiger partial charge in [-0.2, -0.15) is 0 Å². The zero-order valence-corrected chi connectivity index (χ0v) is 17.1. The number of carbonyl (C=O) groups excluding carboxylic acids is 1. The summed E-state index contributed by atoms with van der Waals surface area (Å²) in [6.07, 6.45) is 12.2. The van der Waals surface area contributed by atoms with E-state index in [0.29, 0.717) is 18.0 Å². The van der Waals surface area contributed by atoms with E-state index in [0.717, 1.165) is 45.2 Å². The molecule has 2 heterocycles. The van der Waals surface area contributed by atoms with Crippen molar-refractivity contribution in [3.63, 3.8) is 0 Å². The van der Waals surface area contributed by atoms with Crippen LogP contribution >= 0.6 is 0 Å². The molecule has 1 atom stereocenters. The minimum atomic E-state index is 0.186. The van der Waals surface area contributed by atoms with E-state index in [1.165, 1.54) is 38.0 Å². The lowest BCUT2D eigenvalue weighted by Gasteiger charge is -2.42. The van der Waals surface area contributed by atoms with Gasteiger partial charge in [0.15, 0.2) is 0 Å². The smallest absolute Gasteiger partial charge is 0.224 e. The van der Waals surface area contributed by atoms with Gasteiger partial charge in [0.25, 0.3) is 0 Å². The Morgan fingerprint density at radius 1 is 1.00 bits per heavy atom. The highest BCUT2D eigenvalue weighted by atomic mass is 16.2. The van der Waals surface area contributed by atoms with Crippen LogP contribution in [0.15, 0.2) is 42.5 Å². The van der Waals surface area contributed by atoms with E-state index in [-0.39, 0.29) is 5.92 Å². The molecule has 0 aromatic heterocycles. The van der Waals surface area contributed by atoms with E-state index in [1.54, 1.807) is 0 Å². The van der Waals surface area contributed by atoms with Gasteiger partial charge in [-0.3, -0.25) is 9.69 Å². The van der Waals surface area contributed by atoms with E-state index in [9.17, 15) is 4.79 Å². The van der Waals surface area contributed by atoms with E-state index < -0.39 is 0 Å². The van der Waals surface area contributed by atoms with Crippen LogP contribution in [0, 0.1) is 5.92 Å². The number of carbonyl (C=O) groups is 1. The fourth-order valence-corrected chi connectivity index (χ4v) is 5.05. The topological polar surface area (TPSA) is 35.6 Å². The first-order valence-electron chi connectivity index (χ1n) is 11.2. The molecule has 1 N–H and O–H groups in total. The van der Waals surface area contributed by atoms with Gasteiger partial charge in [0, 0.05) is 25.2 Å². The number of amides is 1. The second-order valence-electron chi connectivity index (χ2n) is 8.79. The fraction of sp³-hybridized carbons (Fsp3) is 0.625. The Hall–Kier alpha value is -1.65. The van der Waals surface area contributed by atoms with E-state index in [2.05, 4.69) is 57.6 Å². The maximum Gasteiger partial charge on any atom is 0.224 e. The minimum absolute atomic E-state index is 0.186. The third-order valence-corrected chi connectivity index (χ3v) is 6.81. The maximum atomic E-state index is 12.7. The van der Waals surface area contributed by atoms with Crippen molar-refractivity contribution in [1.29, 1.82) is 0 Å². The zero-order chi connectivity index (χ0) is 19.2. The first-order valence-corrected chi connectivity index (χ1v) is 11.2. The average Bonchev–Trinajstić information content (AvgIpc) is 3.26. The van der Waals surface area contributed by atoms with Gasteiger partial charge in [0.1, 0.15) is 0 Å². The standard InChI is InChI=1S/C24H35N3O/c28-24(25-22-10-4-5-11-22)21-9-6-15-27(19-21)23-13-17-26(18-14-23)16-12-20-7-2-1-3-8-20/h1-5,7-8,21-23H,6,9-19H2,(H,25,28). The molecule has 1 aromatic carbocycles. The molecule has 4 nitrogen and oxygen atoms in total. The Morgan fingerprint density at radius 2 is 1.75 bits per heavy atom. The van der Waals surface area contributed by atoms with Crippen molar-refractivity contribution in [3.05, 3.63) is 48.0 Å². The number of likely N-dealkylation sites (tertiary alicyclic amines) is 2. The van der Waals surface area contributed by atoms with Gasteiger partial charge >= 0.3 is 0 Å². The van der Waals surface area contributed by atoms with Crippen molar-refractivity contribution < 1.29 is 4.79 Å². The van der Waals surface area contributed by atoms with Crippen LogP contribution in [0.5, 0.6) is 0 Å². The third-order valence-electron chi connectivity index (χ3n) is 6.81. The van der Waals surface area contributed by atoms with Gasteiger partial charge in [-0.25, -0.2) is 0 Å². The molecule has 4 rings (SSSR count). The van der Waals surface area contributed by atoms with Gasteiger partial charge in [-0.15, -0.1) is 0 Å². The van der Waals surface area contributed by atoms with E-state index >= 15 is 0 Å². The molecule has 1 aliphatic carbocycles. The SMILES string of the molecule is O=C(NC1CC=CC1)C1CCCN(C2CCN(CCc3ccccc3)CC2)C1. The normalized spacial score (nSPS) is 25.2. The Bertz CT molecular complexity index is 643. The predicted molar refractivity (Wildman–Crippen MR) is 114 cm³/mol. The molecule has 0 saturated carbocycles. The van der Waals surface area contributed by atoms with Gasteiger partial charge < -0.3 is 10.2 Å². The summed E-state index contributed by atoms with van der Waals surface area (Å²) in [5.74, 6) is 0.476. The largest absolute Gasteiger partial charge is 0.352 e.